The first-order valence-corrected chi connectivity index (χ1v) is 6.28. The fourth-order valence-corrected chi connectivity index (χ4v) is 1.39. The second-order valence-electron chi connectivity index (χ2n) is 3.55. The van der Waals surface area contributed by atoms with Crippen molar-refractivity contribution in [2.75, 3.05) is 11.5 Å². The van der Waals surface area contributed by atoms with Gasteiger partial charge in [-0.3, -0.25) is 14.4 Å². The molecule has 0 aromatic rings. The maximum Gasteiger partial charge on any atom is 0.321 e. The number of aliphatic carboxylic acids is 3. The molecule has 0 amide bonds. The standard InChI is InChI=1S/C6H12N2O4S.C3H7NO2/c7-3(5(9)10)1-13-2-4(8)6(11)12;1-2(4)3(5)6/h3-4H,1-2,7-8H2,(H,9,10)(H,11,12);2H,4H2,1H3,(H,5,6)/t3-,4-;2-/m00/s1. The minimum absolute atomic E-state index is 0.163. The lowest BCUT2D eigenvalue weighted by molar-refractivity contribution is -0.139. The number of carbonyl (C=O) groups is 3. The van der Waals surface area contributed by atoms with Crippen molar-refractivity contribution in [3.05, 3.63) is 0 Å². The van der Waals surface area contributed by atoms with Crippen LogP contribution in [0.1, 0.15) is 6.92 Å². The molecule has 0 aromatic heterocycles. The summed E-state index contributed by atoms with van der Waals surface area (Å²) in [4.78, 5) is 30.0. The first kappa shape index (κ1) is 20.0. The largest absolute Gasteiger partial charge is 0.480 e. The van der Waals surface area contributed by atoms with E-state index in [0.29, 0.717) is 0 Å². The lowest BCUT2D eigenvalue weighted by Crippen LogP contribution is -2.36. The minimum atomic E-state index is -1.10. The maximum atomic E-state index is 10.2. The predicted molar refractivity (Wildman–Crippen MR) is 69.8 cm³/mol. The van der Waals surface area contributed by atoms with Gasteiger partial charge in [0.1, 0.15) is 18.1 Å². The molecule has 0 spiro atoms. The van der Waals surface area contributed by atoms with Gasteiger partial charge in [-0.1, -0.05) is 0 Å². The van der Waals surface area contributed by atoms with E-state index >= 15 is 0 Å². The molecule has 3 atom stereocenters. The second-order valence-corrected chi connectivity index (χ2v) is 4.63. The minimum Gasteiger partial charge on any atom is -0.480 e. The normalized spacial score (nSPS) is 14.5. The summed E-state index contributed by atoms with van der Waals surface area (Å²) >= 11 is 1.11. The van der Waals surface area contributed by atoms with Gasteiger partial charge in [0.15, 0.2) is 0 Å². The number of hydrogen-bond acceptors (Lipinski definition) is 7. The average Bonchev–Trinajstić information content (AvgIpc) is 2.28. The monoisotopic (exact) mass is 297 g/mol. The smallest absolute Gasteiger partial charge is 0.321 e. The fourth-order valence-electron chi connectivity index (χ4n) is 0.465. The molecule has 0 bridgehead atoms. The van der Waals surface area contributed by atoms with Crippen molar-refractivity contribution in [1.82, 2.24) is 0 Å². The van der Waals surface area contributed by atoms with Crippen LogP contribution in [-0.2, 0) is 14.4 Å². The van der Waals surface area contributed by atoms with Crippen LogP contribution in [0.15, 0.2) is 0 Å². The number of carboxylic acids is 3. The molecule has 0 fully saturated rings. The van der Waals surface area contributed by atoms with Gasteiger partial charge < -0.3 is 32.5 Å². The van der Waals surface area contributed by atoms with Gasteiger partial charge in [-0.25, -0.2) is 0 Å². The Labute approximate surface area is 114 Å². The van der Waals surface area contributed by atoms with Crippen LogP contribution in [0.3, 0.4) is 0 Å². The van der Waals surface area contributed by atoms with Gasteiger partial charge in [0.25, 0.3) is 0 Å². The molecular formula is C9H19N3O6S. The molecule has 0 aliphatic heterocycles. The topological polar surface area (TPSA) is 190 Å². The lowest BCUT2D eigenvalue weighted by atomic mass is 10.4. The van der Waals surface area contributed by atoms with E-state index in [2.05, 4.69) is 0 Å². The highest BCUT2D eigenvalue weighted by atomic mass is 32.2. The third-order valence-electron chi connectivity index (χ3n) is 1.62. The summed E-state index contributed by atoms with van der Waals surface area (Å²) in [7, 11) is 0. The first-order valence-electron chi connectivity index (χ1n) is 5.12. The molecule has 10 heteroatoms. The van der Waals surface area contributed by atoms with Crippen LogP contribution in [-0.4, -0.2) is 62.9 Å². The molecule has 0 saturated heterocycles. The average molecular weight is 297 g/mol. The SMILES string of the molecule is C[C@H](N)C(=O)O.N[C@@H](CSC[C@H](N)C(=O)O)C(=O)O. The predicted octanol–water partition coefficient (Wildman–Crippen LogP) is -2.04. The molecule has 0 unspecified atom stereocenters. The van der Waals surface area contributed by atoms with Crippen molar-refractivity contribution >= 4 is 29.7 Å². The van der Waals surface area contributed by atoms with Crippen molar-refractivity contribution in [3.8, 4) is 0 Å². The summed E-state index contributed by atoms with van der Waals surface area (Å²) in [6, 6.07) is -2.66. The number of hydrogen-bond donors (Lipinski definition) is 6. The van der Waals surface area contributed by atoms with Crippen LogP contribution < -0.4 is 17.2 Å². The summed E-state index contributed by atoms with van der Waals surface area (Å²) in [6.45, 7) is 1.42. The third-order valence-corrected chi connectivity index (χ3v) is 2.81. The van der Waals surface area contributed by atoms with Crippen LogP contribution >= 0.6 is 11.8 Å². The Bertz CT molecular complexity index is 292. The highest BCUT2D eigenvalue weighted by molar-refractivity contribution is 7.99. The van der Waals surface area contributed by atoms with E-state index in [0.717, 1.165) is 11.8 Å². The van der Waals surface area contributed by atoms with Crippen molar-refractivity contribution in [3.63, 3.8) is 0 Å². The van der Waals surface area contributed by atoms with Gasteiger partial charge in [-0.15, -0.1) is 0 Å². The molecule has 0 aliphatic carbocycles. The van der Waals surface area contributed by atoms with E-state index < -0.39 is 36.0 Å². The van der Waals surface area contributed by atoms with Crippen LogP contribution in [0.5, 0.6) is 0 Å². The Hall–Kier alpha value is -1.36. The van der Waals surface area contributed by atoms with E-state index in [-0.39, 0.29) is 11.5 Å². The second kappa shape index (κ2) is 10.6. The van der Waals surface area contributed by atoms with Crippen molar-refractivity contribution in [2.24, 2.45) is 17.2 Å². The molecule has 0 rings (SSSR count). The van der Waals surface area contributed by atoms with Gasteiger partial charge in [-0.2, -0.15) is 11.8 Å². The number of carboxylic acid groups (broad SMARTS) is 3. The zero-order chi connectivity index (χ0) is 15.6. The van der Waals surface area contributed by atoms with Crippen LogP contribution in [0.2, 0.25) is 0 Å². The summed E-state index contributed by atoms with van der Waals surface area (Å²) in [5.41, 5.74) is 15.2. The molecule has 0 heterocycles. The number of thioether (sulfide) groups is 1. The molecule has 112 valence electrons. The van der Waals surface area contributed by atoms with E-state index in [1.54, 1.807) is 0 Å². The van der Waals surface area contributed by atoms with Crippen molar-refractivity contribution in [2.45, 2.75) is 25.0 Å². The van der Waals surface area contributed by atoms with E-state index in [1.165, 1.54) is 6.92 Å². The maximum absolute atomic E-state index is 10.2. The third kappa shape index (κ3) is 12.9. The Kier molecular flexibility index (Phi) is 11.1. The molecule has 0 aliphatic rings. The zero-order valence-corrected chi connectivity index (χ0v) is 11.2. The summed E-state index contributed by atoms with van der Waals surface area (Å²) in [5, 5.41) is 24.6. The van der Waals surface area contributed by atoms with E-state index in [1.807, 2.05) is 0 Å². The molecule has 0 radical (unpaired) electrons. The molecule has 19 heavy (non-hydrogen) atoms. The van der Waals surface area contributed by atoms with E-state index in [9.17, 15) is 14.4 Å². The Balaban J connectivity index is 0. The highest BCUT2D eigenvalue weighted by Gasteiger charge is 2.15. The quantitative estimate of drug-likeness (QED) is 0.305. The lowest BCUT2D eigenvalue weighted by Gasteiger charge is -2.07. The fraction of sp³-hybridized carbons (Fsp3) is 0.667. The Morgan fingerprint density at radius 2 is 1.16 bits per heavy atom. The zero-order valence-electron chi connectivity index (χ0n) is 10.4. The number of nitrogens with two attached hydrogens (primary N) is 3. The van der Waals surface area contributed by atoms with Crippen LogP contribution in [0.4, 0.5) is 0 Å². The van der Waals surface area contributed by atoms with Gasteiger partial charge in [-0.05, 0) is 6.92 Å². The Morgan fingerprint density at radius 1 is 0.895 bits per heavy atom. The van der Waals surface area contributed by atoms with Gasteiger partial charge in [0, 0.05) is 11.5 Å². The van der Waals surface area contributed by atoms with Crippen molar-refractivity contribution in [1.29, 1.82) is 0 Å². The first-order chi connectivity index (χ1) is 8.59. The van der Waals surface area contributed by atoms with Crippen LogP contribution in [0, 0.1) is 0 Å². The van der Waals surface area contributed by atoms with E-state index in [4.69, 9.17) is 32.5 Å². The summed E-state index contributed by atoms with van der Waals surface area (Å²) in [6.07, 6.45) is 0. The number of rotatable bonds is 7. The molecule has 9 nitrogen and oxygen atoms in total. The summed E-state index contributed by atoms with van der Waals surface area (Å²) < 4.78 is 0. The molecule has 0 saturated carbocycles. The van der Waals surface area contributed by atoms with Gasteiger partial charge in [0.2, 0.25) is 0 Å². The molecule has 9 N–H and O–H groups in total. The van der Waals surface area contributed by atoms with Crippen LogP contribution in [0.25, 0.3) is 0 Å². The van der Waals surface area contributed by atoms with Gasteiger partial charge in [0.05, 0.1) is 0 Å². The van der Waals surface area contributed by atoms with Gasteiger partial charge >= 0.3 is 17.9 Å². The molecule has 0 aromatic carbocycles. The van der Waals surface area contributed by atoms with Crippen molar-refractivity contribution < 1.29 is 29.7 Å². The molecular weight excluding hydrogens is 278 g/mol. The Morgan fingerprint density at radius 3 is 1.32 bits per heavy atom. The summed E-state index contributed by atoms with van der Waals surface area (Å²) in [5.74, 6) is -2.84. The highest BCUT2D eigenvalue weighted by Crippen LogP contribution is 2.03.